The molecule has 4 heterocycles. The molecule has 148 valence electrons. The lowest BCUT2D eigenvalue weighted by molar-refractivity contribution is -0.142. The van der Waals surface area contributed by atoms with Crippen molar-refractivity contribution < 1.29 is 13.2 Å². The Bertz CT molecular complexity index is 980. The minimum Gasteiger partial charge on any atom is -0.298 e. The van der Waals surface area contributed by atoms with E-state index in [0.717, 1.165) is 54.4 Å². The molecule has 1 unspecified atom stereocenters. The van der Waals surface area contributed by atoms with Gasteiger partial charge in [0.2, 0.25) is 0 Å². The summed E-state index contributed by atoms with van der Waals surface area (Å²) in [4.78, 5) is 15.0. The molecular formula is C19H21F3N6. The number of halogens is 3. The molecule has 0 amide bonds. The fraction of sp³-hybridized carbons (Fsp3) is 0.474. The van der Waals surface area contributed by atoms with Gasteiger partial charge in [-0.05, 0) is 39.3 Å². The first-order valence-electron chi connectivity index (χ1n) is 9.24. The van der Waals surface area contributed by atoms with Gasteiger partial charge >= 0.3 is 6.18 Å². The summed E-state index contributed by atoms with van der Waals surface area (Å²) in [7, 11) is 0. The number of hydrogen-bond acceptors (Lipinski definition) is 5. The minimum absolute atomic E-state index is 0.0724. The lowest BCUT2D eigenvalue weighted by atomic mass is 9.94. The van der Waals surface area contributed by atoms with Crippen LogP contribution in [-0.2, 0) is 12.7 Å². The van der Waals surface area contributed by atoms with Crippen molar-refractivity contribution in [2.75, 3.05) is 13.1 Å². The van der Waals surface area contributed by atoms with Crippen molar-refractivity contribution in [3.05, 3.63) is 53.0 Å². The molecule has 4 rings (SSSR count). The van der Waals surface area contributed by atoms with Crippen molar-refractivity contribution in [3.63, 3.8) is 0 Å². The van der Waals surface area contributed by atoms with Crippen LogP contribution in [0.3, 0.4) is 0 Å². The highest BCUT2D eigenvalue weighted by molar-refractivity contribution is 5.43. The SMILES string of the molecule is Cc1cc(C(F)(F)F)n2nc(C3CCCN(Cc4cnc(C)nc4)C3)cc2n1. The molecule has 0 bridgehead atoms. The van der Waals surface area contributed by atoms with Gasteiger partial charge in [0.15, 0.2) is 5.65 Å². The lowest BCUT2D eigenvalue weighted by Gasteiger charge is -2.31. The summed E-state index contributed by atoms with van der Waals surface area (Å²) in [5, 5.41) is 4.28. The van der Waals surface area contributed by atoms with Gasteiger partial charge in [-0.15, -0.1) is 0 Å². The van der Waals surface area contributed by atoms with Gasteiger partial charge in [-0.1, -0.05) is 0 Å². The third-order valence-corrected chi connectivity index (χ3v) is 5.03. The Hall–Kier alpha value is -2.55. The van der Waals surface area contributed by atoms with E-state index in [9.17, 15) is 13.2 Å². The molecule has 0 aliphatic carbocycles. The Morgan fingerprint density at radius 1 is 1.14 bits per heavy atom. The molecule has 1 fully saturated rings. The average molecular weight is 390 g/mol. The Labute approximate surface area is 160 Å². The summed E-state index contributed by atoms with van der Waals surface area (Å²) in [5.74, 6) is 0.802. The van der Waals surface area contributed by atoms with E-state index in [4.69, 9.17) is 0 Å². The minimum atomic E-state index is -4.47. The first-order chi connectivity index (χ1) is 13.3. The molecule has 6 nitrogen and oxygen atoms in total. The van der Waals surface area contributed by atoms with Crippen molar-refractivity contribution in [1.82, 2.24) is 29.5 Å². The van der Waals surface area contributed by atoms with Gasteiger partial charge < -0.3 is 0 Å². The molecule has 1 saturated heterocycles. The standard InChI is InChI=1S/C19H21F3N6/c1-12-6-17(19(20,21)22)28-18(25-12)7-16(26-28)15-4-3-5-27(11-15)10-14-8-23-13(2)24-9-14/h6-9,15H,3-5,10-11H2,1-2H3. The van der Waals surface area contributed by atoms with Crippen LogP contribution in [0.5, 0.6) is 0 Å². The highest BCUT2D eigenvalue weighted by Crippen LogP contribution is 2.32. The number of aromatic nitrogens is 5. The van der Waals surface area contributed by atoms with E-state index in [1.54, 1.807) is 13.0 Å². The molecule has 0 radical (unpaired) electrons. The fourth-order valence-electron chi connectivity index (χ4n) is 3.72. The molecule has 28 heavy (non-hydrogen) atoms. The van der Waals surface area contributed by atoms with Crippen molar-refractivity contribution in [1.29, 1.82) is 0 Å². The summed E-state index contributed by atoms with van der Waals surface area (Å²) in [6.07, 6.45) is 1.02. The molecule has 0 saturated carbocycles. The number of fused-ring (bicyclic) bond motifs is 1. The molecule has 1 atom stereocenters. The second kappa shape index (κ2) is 7.12. The van der Waals surface area contributed by atoms with Gasteiger partial charge in [0.1, 0.15) is 11.5 Å². The van der Waals surface area contributed by atoms with Gasteiger partial charge in [-0.2, -0.15) is 18.3 Å². The van der Waals surface area contributed by atoms with E-state index in [1.807, 2.05) is 19.3 Å². The highest BCUT2D eigenvalue weighted by Gasteiger charge is 2.35. The normalized spacial score (nSPS) is 18.7. The average Bonchev–Trinajstić information content (AvgIpc) is 3.06. The molecule has 1 aliphatic heterocycles. The molecule has 0 aromatic carbocycles. The number of piperidine rings is 1. The zero-order chi connectivity index (χ0) is 19.9. The van der Waals surface area contributed by atoms with Gasteiger partial charge in [0.05, 0.1) is 5.69 Å². The summed E-state index contributed by atoms with van der Waals surface area (Å²) >= 11 is 0. The second-order valence-electron chi connectivity index (χ2n) is 7.33. The van der Waals surface area contributed by atoms with Crippen LogP contribution in [0.25, 0.3) is 5.65 Å². The van der Waals surface area contributed by atoms with Gasteiger partial charge in [0, 0.05) is 48.7 Å². The van der Waals surface area contributed by atoms with Crippen LogP contribution in [0, 0.1) is 13.8 Å². The van der Waals surface area contributed by atoms with Crippen LogP contribution in [0.15, 0.2) is 24.5 Å². The van der Waals surface area contributed by atoms with Crippen molar-refractivity contribution in [3.8, 4) is 0 Å². The quantitative estimate of drug-likeness (QED) is 0.685. The van der Waals surface area contributed by atoms with Crippen LogP contribution in [0.1, 0.15) is 47.2 Å². The maximum absolute atomic E-state index is 13.4. The van der Waals surface area contributed by atoms with Crippen molar-refractivity contribution >= 4 is 5.65 Å². The second-order valence-corrected chi connectivity index (χ2v) is 7.33. The van der Waals surface area contributed by atoms with Crippen molar-refractivity contribution in [2.45, 2.75) is 45.3 Å². The van der Waals surface area contributed by atoms with Crippen LogP contribution in [-0.4, -0.2) is 42.6 Å². The third-order valence-electron chi connectivity index (χ3n) is 5.03. The monoisotopic (exact) mass is 390 g/mol. The number of rotatable bonds is 3. The lowest BCUT2D eigenvalue weighted by Crippen LogP contribution is -2.34. The zero-order valence-corrected chi connectivity index (χ0v) is 15.7. The molecule has 3 aromatic heterocycles. The maximum atomic E-state index is 13.4. The van der Waals surface area contributed by atoms with E-state index >= 15 is 0 Å². The van der Waals surface area contributed by atoms with Gasteiger partial charge in [-0.25, -0.2) is 19.5 Å². The van der Waals surface area contributed by atoms with Crippen LogP contribution < -0.4 is 0 Å². The van der Waals surface area contributed by atoms with E-state index in [-0.39, 0.29) is 11.6 Å². The molecular weight excluding hydrogens is 369 g/mol. The first kappa shape index (κ1) is 18.8. The third kappa shape index (κ3) is 3.84. The predicted molar refractivity (Wildman–Crippen MR) is 96.7 cm³/mol. The summed E-state index contributed by atoms with van der Waals surface area (Å²) in [6.45, 7) is 5.79. The van der Waals surface area contributed by atoms with Gasteiger partial charge in [-0.3, -0.25) is 4.90 Å². The van der Waals surface area contributed by atoms with Crippen LogP contribution in [0.4, 0.5) is 13.2 Å². The smallest absolute Gasteiger partial charge is 0.298 e. The number of alkyl halides is 3. The van der Waals surface area contributed by atoms with Crippen LogP contribution >= 0.6 is 0 Å². The largest absolute Gasteiger partial charge is 0.433 e. The molecule has 0 spiro atoms. The van der Waals surface area contributed by atoms with E-state index in [0.29, 0.717) is 11.4 Å². The zero-order valence-electron chi connectivity index (χ0n) is 15.7. The molecule has 0 N–H and O–H groups in total. The Morgan fingerprint density at radius 2 is 1.89 bits per heavy atom. The van der Waals surface area contributed by atoms with E-state index in [1.165, 1.54) is 0 Å². The van der Waals surface area contributed by atoms with E-state index in [2.05, 4.69) is 25.0 Å². The van der Waals surface area contributed by atoms with Crippen LogP contribution in [0.2, 0.25) is 0 Å². The maximum Gasteiger partial charge on any atom is 0.433 e. The highest BCUT2D eigenvalue weighted by atomic mass is 19.4. The Morgan fingerprint density at radius 3 is 2.61 bits per heavy atom. The first-order valence-corrected chi connectivity index (χ1v) is 9.24. The summed E-state index contributed by atoms with van der Waals surface area (Å²) in [5.41, 5.74) is 1.47. The molecule has 1 aliphatic rings. The fourth-order valence-corrected chi connectivity index (χ4v) is 3.72. The Balaban J connectivity index is 1.58. The summed E-state index contributed by atoms with van der Waals surface area (Å²) < 4.78 is 41.0. The number of nitrogens with zero attached hydrogens (tertiary/aromatic N) is 6. The Kier molecular flexibility index (Phi) is 4.78. The van der Waals surface area contributed by atoms with E-state index < -0.39 is 11.9 Å². The van der Waals surface area contributed by atoms with Gasteiger partial charge in [0.25, 0.3) is 0 Å². The topological polar surface area (TPSA) is 59.2 Å². The number of likely N-dealkylation sites (tertiary alicyclic amines) is 1. The molecule has 9 heteroatoms. The summed E-state index contributed by atoms with van der Waals surface area (Å²) in [6, 6.07) is 2.72. The number of aryl methyl sites for hydroxylation is 2. The number of hydrogen-bond donors (Lipinski definition) is 0. The molecule has 3 aromatic rings. The predicted octanol–water partition coefficient (Wildman–Crippen LogP) is 3.53. The van der Waals surface area contributed by atoms with Crippen molar-refractivity contribution in [2.24, 2.45) is 0 Å².